The molecule has 2 aliphatic rings. The van der Waals surface area contributed by atoms with Crippen molar-refractivity contribution in [3.8, 4) is 22.9 Å². The second-order valence-electron chi connectivity index (χ2n) is 7.72. The summed E-state index contributed by atoms with van der Waals surface area (Å²) >= 11 is 0. The molecule has 0 N–H and O–H groups in total. The van der Waals surface area contributed by atoms with E-state index in [2.05, 4.69) is 32.8 Å². The van der Waals surface area contributed by atoms with E-state index in [1.165, 1.54) is 25.7 Å². The molecule has 0 unspecified atom stereocenters. The summed E-state index contributed by atoms with van der Waals surface area (Å²) in [4.78, 5) is 6.99. The number of hydrogen-bond acceptors (Lipinski definition) is 5. The maximum atomic E-state index is 6.10. The Morgan fingerprint density at radius 3 is 2.75 bits per heavy atom. The number of aromatic nitrogens is 2. The topological polar surface area (TPSA) is 48.8 Å². The van der Waals surface area contributed by atoms with Crippen LogP contribution in [-0.2, 0) is 11.3 Å². The van der Waals surface area contributed by atoms with Gasteiger partial charge in [0.2, 0.25) is 0 Å². The lowest BCUT2D eigenvalue weighted by atomic mass is 10.1. The van der Waals surface area contributed by atoms with Crippen molar-refractivity contribution in [1.82, 2.24) is 14.5 Å². The van der Waals surface area contributed by atoms with Crippen LogP contribution in [0, 0.1) is 5.92 Å². The van der Waals surface area contributed by atoms with Crippen LogP contribution in [0.25, 0.3) is 11.4 Å². The molecule has 0 amide bonds. The van der Waals surface area contributed by atoms with Crippen molar-refractivity contribution in [2.45, 2.75) is 32.2 Å². The van der Waals surface area contributed by atoms with Crippen molar-refractivity contribution in [2.75, 3.05) is 46.6 Å². The molecule has 1 aliphatic heterocycles. The lowest BCUT2D eigenvalue weighted by Gasteiger charge is -2.26. The van der Waals surface area contributed by atoms with Gasteiger partial charge in [0.05, 0.1) is 20.3 Å². The van der Waals surface area contributed by atoms with Crippen molar-refractivity contribution >= 4 is 0 Å². The largest absolute Gasteiger partial charge is 0.493 e. The molecule has 1 aromatic heterocycles. The summed E-state index contributed by atoms with van der Waals surface area (Å²) in [5, 5.41) is 0. The van der Waals surface area contributed by atoms with Crippen LogP contribution in [0.3, 0.4) is 0 Å². The highest BCUT2D eigenvalue weighted by atomic mass is 16.5. The first-order valence-electron chi connectivity index (χ1n) is 10.5. The van der Waals surface area contributed by atoms with E-state index in [-0.39, 0.29) is 0 Å². The second kappa shape index (κ2) is 9.43. The van der Waals surface area contributed by atoms with Gasteiger partial charge in [0.15, 0.2) is 11.5 Å². The highest BCUT2D eigenvalue weighted by Gasteiger charge is 2.18. The van der Waals surface area contributed by atoms with Gasteiger partial charge in [-0.15, -0.1) is 0 Å². The minimum Gasteiger partial charge on any atom is -0.493 e. The second-order valence-corrected chi connectivity index (χ2v) is 7.72. The van der Waals surface area contributed by atoms with E-state index >= 15 is 0 Å². The Kier molecular flexibility index (Phi) is 6.49. The Morgan fingerprint density at radius 1 is 1.14 bits per heavy atom. The third kappa shape index (κ3) is 4.67. The van der Waals surface area contributed by atoms with Crippen molar-refractivity contribution in [3.05, 3.63) is 30.6 Å². The van der Waals surface area contributed by atoms with Gasteiger partial charge in [-0.1, -0.05) is 12.8 Å². The summed E-state index contributed by atoms with van der Waals surface area (Å²) in [6.07, 6.45) is 9.37. The summed E-state index contributed by atoms with van der Waals surface area (Å²) in [6.45, 7) is 6.14. The van der Waals surface area contributed by atoms with E-state index in [4.69, 9.17) is 14.2 Å². The molecular weight excluding hydrogens is 354 g/mol. The number of ether oxygens (including phenoxy) is 3. The number of benzene rings is 1. The van der Waals surface area contributed by atoms with Crippen LogP contribution >= 0.6 is 0 Å². The number of methoxy groups -OCH3 is 1. The fraction of sp³-hybridized carbons (Fsp3) is 0.591. The van der Waals surface area contributed by atoms with Gasteiger partial charge in [-0.2, -0.15) is 0 Å². The van der Waals surface area contributed by atoms with E-state index in [1.54, 1.807) is 7.11 Å². The van der Waals surface area contributed by atoms with Crippen LogP contribution in [0.1, 0.15) is 25.7 Å². The molecule has 1 aromatic carbocycles. The Balaban J connectivity index is 1.45. The van der Waals surface area contributed by atoms with Gasteiger partial charge < -0.3 is 18.8 Å². The summed E-state index contributed by atoms with van der Waals surface area (Å²) < 4.78 is 19.3. The van der Waals surface area contributed by atoms with Crippen molar-refractivity contribution < 1.29 is 14.2 Å². The highest BCUT2D eigenvalue weighted by Crippen LogP contribution is 2.33. The van der Waals surface area contributed by atoms with Crippen LogP contribution < -0.4 is 9.47 Å². The molecule has 0 radical (unpaired) electrons. The third-order valence-corrected chi connectivity index (χ3v) is 5.84. The number of hydrogen-bond donors (Lipinski definition) is 0. The Hall–Kier alpha value is -2.05. The molecule has 1 aliphatic carbocycles. The zero-order valence-corrected chi connectivity index (χ0v) is 16.8. The first kappa shape index (κ1) is 19.3. The summed E-state index contributed by atoms with van der Waals surface area (Å²) in [5.41, 5.74) is 1.07. The van der Waals surface area contributed by atoms with E-state index < -0.39 is 0 Å². The van der Waals surface area contributed by atoms with Gasteiger partial charge >= 0.3 is 0 Å². The minimum atomic E-state index is 0.635. The van der Waals surface area contributed by atoms with E-state index in [0.29, 0.717) is 6.61 Å². The van der Waals surface area contributed by atoms with Gasteiger partial charge in [0.25, 0.3) is 0 Å². The molecule has 28 heavy (non-hydrogen) atoms. The fourth-order valence-corrected chi connectivity index (χ4v) is 4.23. The average molecular weight is 386 g/mol. The van der Waals surface area contributed by atoms with Gasteiger partial charge in [0.1, 0.15) is 12.4 Å². The molecule has 2 aromatic rings. The third-order valence-electron chi connectivity index (χ3n) is 5.84. The standard InChI is InChI=1S/C22H31N3O3/c1-26-20-7-6-19(16-21(20)28-15-12-24-10-13-27-14-11-24)22-23-8-9-25(22)17-18-4-2-3-5-18/h6-9,16,18H,2-5,10-15,17H2,1H3. The van der Waals surface area contributed by atoms with E-state index in [1.807, 2.05) is 12.3 Å². The molecule has 0 atom stereocenters. The number of rotatable bonds is 8. The van der Waals surface area contributed by atoms with Crippen LogP contribution in [-0.4, -0.2) is 61.0 Å². The van der Waals surface area contributed by atoms with Gasteiger partial charge in [-0.3, -0.25) is 4.90 Å². The SMILES string of the molecule is COc1ccc(-c2nccn2CC2CCCC2)cc1OCCN1CCOCC1. The number of morpholine rings is 1. The van der Waals surface area contributed by atoms with Crippen molar-refractivity contribution in [3.63, 3.8) is 0 Å². The normalized spacial score (nSPS) is 18.5. The zero-order chi connectivity index (χ0) is 19.2. The summed E-state index contributed by atoms with van der Waals surface area (Å²) in [7, 11) is 1.69. The molecule has 152 valence electrons. The molecular formula is C22H31N3O3. The van der Waals surface area contributed by atoms with Crippen molar-refractivity contribution in [2.24, 2.45) is 5.92 Å². The molecule has 0 bridgehead atoms. The predicted octanol–water partition coefficient (Wildman–Crippen LogP) is 3.46. The monoisotopic (exact) mass is 385 g/mol. The molecule has 6 nitrogen and oxygen atoms in total. The lowest BCUT2D eigenvalue weighted by Crippen LogP contribution is -2.38. The maximum absolute atomic E-state index is 6.10. The first-order chi connectivity index (χ1) is 13.8. The molecule has 4 rings (SSSR count). The van der Waals surface area contributed by atoms with Crippen LogP contribution in [0.15, 0.2) is 30.6 Å². The number of imidazole rings is 1. The Bertz CT molecular complexity index is 749. The minimum absolute atomic E-state index is 0.635. The smallest absolute Gasteiger partial charge is 0.161 e. The van der Waals surface area contributed by atoms with E-state index in [0.717, 1.165) is 68.2 Å². The lowest BCUT2D eigenvalue weighted by molar-refractivity contribution is 0.0321. The maximum Gasteiger partial charge on any atom is 0.161 e. The molecule has 1 saturated carbocycles. The predicted molar refractivity (Wildman–Crippen MR) is 109 cm³/mol. The van der Waals surface area contributed by atoms with E-state index in [9.17, 15) is 0 Å². The van der Waals surface area contributed by atoms with Gasteiger partial charge in [-0.05, 0) is 37.0 Å². The Morgan fingerprint density at radius 2 is 1.96 bits per heavy atom. The molecule has 2 heterocycles. The van der Waals surface area contributed by atoms with Crippen LogP contribution in [0.4, 0.5) is 0 Å². The van der Waals surface area contributed by atoms with Crippen LogP contribution in [0.5, 0.6) is 11.5 Å². The zero-order valence-electron chi connectivity index (χ0n) is 16.8. The molecule has 1 saturated heterocycles. The average Bonchev–Trinajstić information content (AvgIpc) is 3.41. The Labute approximate surface area is 167 Å². The summed E-state index contributed by atoms with van der Waals surface area (Å²) in [5.74, 6) is 3.33. The molecule has 2 fully saturated rings. The molecule has 0 spiro atoms. The van der Waals surface area contributed by atoms with Crippen LogP contribution in [0.2, 0.25) is 0 Å². The van der Waals surface area contributed by atoms with Crippen molar-refractivity contribution in [1.29, 1.82) is 0 Å². The molecule has 6 heteroatoms. The first-order valence-corrected chi connectivity index (χ1v) is 10.5. The number of nitrogens with zero attached hydrogens (tertiary/aromatic N) is 3. The fourth-order valence-electron chi connectivity index (χ4n) is 4.23. The quantitative estimate of drug-likeness (QED) is 0.696. The van der Waals surface area contributed by atoms with Gasteiger partial charge in [-0.25, -0.2) is 4.98 Å². The highest BCUT2D eigenvalue weighted by molar-refractivity contribution is 5.61. The van der Waals surface area contributed by atoms with Gasteiger partial charge in [0, 0.05) is 44.1 Å². The summed E-state index contributed by atoms with van der Waals surface area (Å²) in [6, 6.07) is 6.11.